The molecular formula is C18H19N5O2. The molecule has 1 aliphatic heterocycles. The SMILES string of the molecule is CCOC(=O)c1cnc(N2CCC[C@H]2c2nc3ccccc3[nH]2)nc1. The van der Waals surface area contributed by atoms with Crippen LogP contribution < -0.4 is 4.90 Å². The highest BCUT2D eigenvalue weighted by atomic mass is 16.5. The minimum absolute atomic E-state index is 0.112. The molecule has 3 heterocycles. The molecule has 1 aliphatic rings. The lowest BCUT2D eigenvalue weighted by Crippen LogP contribution is -2.25. The van der Waals surface area contributed by atoms with Crippen molar-refractivity contribution in [3.63, 3.8) is 0 Å². The summed E-state index contributed by atoms with van der Waals surface area (Å²) < 4.78 is 4.97. The van der Waals surface area contributed by atoms with Crippen molar-refractivity contribution in [1.29, 1.82) is 0 Å². The zero-order chi connectivity index (χ0) is 17.2. The highest BCUT2D eigenvalue weighted by molar-refractivity contribution is 5.88. The van der Waals surface area contributed by atoms with Crippen LogP contribution in [0.3, 0.4) is 0 Å². The molecule has 0 bridgehead atoms. The quantitative estimate of drug-likeness (QED) is 0.737. The molecule has 0 saturated carbocycles. The zero-order valence-electron chi connectivity index (χ0n) is 14.0. The molecule has 3 aromatic rings. The molecule has 1 atom stereocenters. The van der Waals surface area contributed by atoms with Crippen LogP contribution in [0.2, 0.25) is 0 Å². The van der Waals surface area contributed by atoms with Crippen LogP contribution in [0.1, 0.15) is 42.0 Å². The molecule has 2 aromatic heterocycles. The fraction of sp³-hybridized carbons (Fsp3) is 0.333. The first-order valence-electron chi connectivity index (χ1n) is 8.46. The third-order valence-corrected chi connectivity index (χ3v) is 4.38. The van der Waals surface area contributed by atoms with E-state index in [-0.39, 0.29) is 6.04 Å². The number of H-pyrrole nitrogens is 1. The van der Waals surface area contributed by atoms with E-state index in [1.165, 1.54) is 12.4 Å². The Morgan fingerprint density at radius 3 is 2.88 bits per heavy atom. The average Bonchev–Trinajstić information content (AvgIpc) is 3.28. The van der Waals surface area contributed by atoms with Gasteiger partial charge in [0.05, 0.1) is 29.2 Å². The first-order chi connectivity index (χ1) is 12.3. The van der Waals surface area contributed by atoms with Crippen molar-refractivity contribution in [2.24, 2.45) is 0 Å². The van der Waals surface area contributed by atoms with Gasteiger partial charge in [0.25, 0.3) is 0 Å². The largest absolute Gasteiger partial charge is 0.462 e. The van der Waals surface area contributed by atoms with Gasteiger partial charge >= 0.3 is 5.97 Å². The summed E-state index contributed by atoms with van der Waals surface area (Å²) in [4.78, 5) is 30.7. The second-order valence-corrected chi connectivity index (χ2v) is 5.98. The smallest absolute Gasteiger partial charge is 0.341 e. The highest BCUT2D eigenvalue weighted by Gasteiger charge is 2.30. The van der Waals surface area contributed by atoms with Crippen LogP contribution in [0, 0.1) is 0 Å². The van der Waals surface area contributed by atoms with Crippen molar-refractivity contribution in [2.75, 3.05) is 18.1 Å². The van der Waals surface area contributed by atoms with Gasteiger partial charge in [-0.1, -0.05) is 12.1 Å². The number of benzene rings is 1. The molecule has 7 heteroatoms. The van der Waals surface area contributed by atoms with Crippen LogP contribution >= 0.6 is 0 Å². The average molecular weight is 337 g/mol. The molecule has 0 aliphatic carbocycles. The Kier molecular flexibility index (Phi) is 4.05. The maximum Gasteiger partial charge on any atom is 0.341 e. The number of carbonyl (C=O) groups is 1. The summed E-state index contributed by atoms with van der Waals surface area (Å²) in [6, 6.07) is 8.11. The molecule has 7 nitrogen and oxygen atoms in total. The lowest BCUT2D eigenvalue weighted by Gasteiger charge is -2.22. The van der Waals surface area contributed by atoms with Gasteiger partial charge in [-0.25, -0.2) is 19.7 Å². The van der Waals surface area contributed by atoms with Gasteiger partial charge in [-0.05, 0) is 31.9 Å². The minimum Gasteiger partial charge on any atom is -0.462 e. The van der Waals surface area contributed by atoms with Crippen molar-refractivity contribution in [3.8, 4) is 0 Å². The predicted molar refractivity (Wildman–Crippen MR) is 93.4 cm³/mol. The Labute approximate surface area is 145 Å². The lowest BCUT2D eigenvalue weighted by atomic mass is 10.2. The number of para-hydroxylation sites is 2. The molecule has 0 spiro atoms. The Hall–Kier alpha value is -2.96. The van der Waals surface area contributed by atoms with E-state index in [0.717, 1.165) is 36.2 Å². The zero-order valence-corrected chi connectivity index (χ0v) is 14.0. The summed E-state index contributed by atoms with van der Waals surface area (Å²) in [6.45, 7) is 2.97. The topological polar surface area (TPSA) is 84.0 Å². The number of hydrogen-bond acceptors (Lipinski definition) is 6. The second-order valence-electron chi connectivity index (χ2n) is 5.98. The molecule has 4 rings (SSSR count). The lowest BCUT2D eigenvalue weighted by molar-refractivity contribution is 0.0525. The maximum absolute atomic E-state index is 11.7. The minimum atomic E-state index is -0.399. The third-order valence-electron chi connectivity index (χ3n) is 4.38. The molecular weight excluding hydrogens is 318 g/mol. The normalized spacial score (nSPS) is 17.2. The molecule has 1 N–H and O–H groups in total. The predicted octanol–water partition coefficient (Wildman–Crippen LogP) is 2.87. The Morgan fingerprint density at radius 1 is 1.32 bits per heavy atom. The van der Waals surface area contributed by atoms with Crippen LogP contribution in [0.5, 0.6) is 0 Å². The molecule has 25 heavy (non-hydrogen) atoms. The number of esters is 1. The van der Waals surface area contributed by atoms with Crippen LogP contribution in [0.4, 0.5) is 5.95 Å². The van der Waals surface area contributed by atoms with Gasteiger partial charge in [0.2, 0.25) is 5.95 Å². The van der Waals surface area contributed by atoms with Crippen molar-refractivity contribution >= 4 is 23.0 Å². The fourth-order valence-electron chi connectivity index (χ4n) is 3.21. The summed E-state index contributed by atoms with van der Waals surface area (Å²) in [7, 11) is 0. The number of nitrogens with one attached hydrogen (secondary N) is 1. The van der Waals surface area contributed by atoms with Gasteiger partial charge in [-0.2, -0.15) is 0 Å². The molecule has 1 aromatic carbocycles. The first kappa shape index (κ1) is 15.6. The van der Waals surface area contributed by atoms with E-state index < -0.39 is 5.97 Å². The van der Waals surface area contributed by atoms with Crippen molar-refractivity contribution in [2.45, 2.75) is 25.8 Å². The summed E-state index contributed by atoms with van der Waals surface area (Å²) in [5.74, 6) is 1.14. The maximum atomic E-state index is 11.7. The fourth-order valence-corrected chi connectivity index (χ4v) is 3.21. The van der Waals surface area contributed by atoms with E-state index in [4.69, 9.17) is 9.72 Å². The number of rotatable bonds is 4. The van der Waals surface area contributed by atoms with Gasteiger partial charge in [0, 0.05) is 18.9 Å². The number of ether oxygens (including phenoxy) is 1. The molecule has 128 valence electrons. The van der Waals surface area contributed by atoms with Crippen LogP contribution in [-0.4, -0.2) is 39.1 Å². The monoisotopic (exact) mass is 337 g/mol. The van der Waals surface area contributed by atoms with Gasteiger partial charge in [-0.3, -0.25) is 0 Å². The van der Waals surface area contributed by atoms with Gasteiger partial charge in [0.15, 0.2) is 0 Å². The molecule has 1 fully saturated rings. The number of carbonyl (C=O) groups excluding carboxylic acids is 1. The molecule has 0 unspecified atom stereocenters. The Morgan fingerprint density at radius 2 is 2.12 bits per heavy atom. The summed E-state index contributed by atoms with van der Waals surface area (Å²) in [5.41, 5.74) is 2.36. The highest BCUT2D eigenvalue weighted by Crippen LogP contribution is 2.33. The van der Waals surface area contributed by atoms with E-state index in [0.29, 0.717) is 18.1 Å². The van der Waals surface area contributed by atoms with E-state index in [1.54, 1.807) is 6.92 Å². The van der Waals surface area contributed by atoms with Crippen LogP contribution in [-0.2, 0) is 4.74 Å². The number of aromatic nitrogens is 4. The number of anilines is 1. The second kappa shape index (κ2) is 6.51. The molecule has 0 amide bonds. The van der Waals surface area contributed by atoms with Crippen LogP contribution in [0.15, 0.2) is 36.7 Å². The van der Waals surface area contributed by atoms with E-state index >= 15 is 0 Å². The standard InChI is InChI=1S/C18H19N5O2/c1-2-25-17(24)12-10-19-18(20-11-12)23-9-5-8-15(23)16-21-13-6-3-4-7-14(13)22-16/h3-4,6-7,10-11,15H,2,5,8-9H2,1H3,(H,21,22)/t15-/m0/s1. The van der Waals surface area contributed by atoms with E-state index in [2.05, 4.69) is 19.9 Å². The molecule has 1 saturated heterocycles. The first-order valence-corrected chi connectivity index (χ1v) is 8.46. The number of hydrogen-bond donors (Lipinski definition) is 1. The number of imidazole rings is 1. The van der Waals surface area contributed by atoms with E-state index in [1.807, 2.05) is 24.3 Å². The summed E-state index contributed by atoms with van der Waals surface area (Å²) >= 11 is 0. The number of fused-ring (bicyclic) bond motifs is 1. The van der Waals surface area contributed by atoms with Crippen molar-refractivity contribution in [3.05, 3.63) is 48.0 Å². The molecule has 0 radical (unpaired) electrons. The van der Waals surface area contributed by atoms with Gasteiger partial charge in [0.1, 0.15) is 5.82 Å². The Bertz CT molecular complexity index is 857. The summed E-state index contributed by atoms with van der Waals surface area (Å²) in [6.07, 6.45) is 5.08. The van der Waals surface area contributed by atoms with Crippen molar-refractivity contribution in [1.82, 2.24) is 19.9 Å². The van der Waals surface area contributed by atoms with E-state index in [9.17, 15) is 4.79 Å². The van der Waals surface area contributed by atoms with Gasteiger partial charge < -0.3 is 14.6 Å². The number of nitrogens with zero attached hydrogens (tertiary/aromatic N) is 4. The van der Waals surface area contributed by atoms with Crippen LogP contribution in [0.25, 0.3) is 11.0 Å². The Balaban J connectivity index is 1.59. The van der Waals surface area contributed by atoms with Gasteiger partial charge in [-0.15, -0.1) is 0 Å². The third kappa shape index (κ3) is 2.93. The van der Waals surface area contributed by atoms with Crippen molar-refractivity contribution < 1.29 is 9.53 Å². The number of aromatic amines is 1. The summed E-state index contributed by atoms with van der Waals surface area (Å²) in [5, 5.41) is 0.